The maximum absolute atomic E-state index is 13.0. The lowest BCUT2D eigenvalue weighted by Gasteiger charge is -2.24. The van der Waals surface area contributed by atoms with Crippen LogP contribution in [-0.2, 0) is 18.0 Å². The molecule has 0 bridgehead atoms. The monoisotopic (exact) mass is 489 g/mol. The summed E-state index contributed by atoms with van der Waals surface area (Å²) < 4.78 is 45.7. The number of anilines is 1. The number of pyridine rings is 1. The zero-order chi connectivity index (χ0) is 25.5. The molecule has 0 unspecified atom stereocenters. The van der Waals surface area contributed by atoms with Crippen LogP contribution in [0.3, 0.4) is 0 Å². The Kier molecular flexibility index (Phi) is 6.20. The van der Waals surface area contributed by atoms with Gasteiger partial charge in [-0.2, -0.15) is 13.2 Å². The van der Waals surface area contributed by atoms with Crippen molar-refractivity contribution in [2.24, 2.45) is 7.05 Å². The van der Waals surface area contributed by atoms with Crippen LogP contribution >= 0.6 is 0 Å². The van der Waals surface area contributed by atoms with Crippen molar-refractivity contribution in [3.63, 3.8) is 0 Å². The molecule has 0 radical (unpaired) electrons. The number of aryl methyl sites for hydroxylation is 1. The standard InChI is InChI=1S/C24H26F3N5O3/c1-23(2,3)35-22(34)32-12-9-16(13-32)28-20-18-17(10-11-31(4)21(18)33)19(29-30-20)14-5-7-15(8-6-14)24(25,26)27/h5-8,10-11,16H,9,12-13H2,1-4H3,(H,28,30)/t16-/m0/s1. The third-order valence-corrected chi connectivity index (χ3v) is 5.68. The predicted molar refractivity (Wildman–Crippen MR) is 125 cm³/mol. The van der Waals surface area contributed by atoms with Crippen LogP contribution in [-0.4, -0.2) is 50.5 Å². The van der Waals surface area contributed by atoms with Gasteiger partial charge in [0.25, 0.3) is 5.56 Å². The van der Waals surface area contributed by atoms with E-state index in [-0.39, 0.29) is 22.8 Å². The molecule has 0 saturated carbocycles. The Morgan fingerprint density at radius 3 is 2.43 bits per heavy atom. The summed E-state index contributed by atoms with van der Waals surface area (Å²) in [7, 11) is 1.60. The summed E-state index contributed by atoms with van der Waals surface area (Å²) in [6.45, 7) is 6.25. The molecule has 1 atom stereocenters. The molecule has 0 aliphatic carbocycles. The van der Waals surface area contributed by atoms with Gasteiger partial charge in [-0.3, -0.25) is 4.79 Å². The number of nitrogens with one attached hydrogen (secondary N) is 1. The number of hydrogen-bond donors (Lipinski definition) is 1. The van der Waals surface area contributed by atoms with E-state index in [1.54, 1.807) is 45.0 Å². The highest BCUT2D eigenvalue weighted by Gasteiger charge is 2.31. The number of fused-ring (bicyclic) bond motifs is 1. The van der Waals surface area contributed by atoms with E-state index in [1.807, 2.05) is 0 Å². The summed E-state index contributed by atoms with van der Waals surface area (Å²) in [5, 5.41) is 12.4. The second-order valence-corrected chi connectivity index (χ2v) is 9.55. The number of rotatable bonds is 3. The predicted octanol–water partition coefficient (Wildman–Crippen LogP) is 4.44. The molecule has 1 fully saturated rings. The summed E-state index contributed by atoms with van der Waals surface area (Å²) in [5.74, 6) is 0.257. The molecule has 4 rings (SSSR count). The lowest BCUT2D eigenvalue weighted by Crippen LogP contribution is -2.36. The van der Waals surface area contributed by atoms with Gasteiger partial charge in [-0.25, -0.2) is 4.79 Å². The van der Waals surface area contributed by atoms with Gasteiger partial charge >= 0.3 is 12.3 Å². The zero-order valence-electron chi connectivity index (χ0n) is 19.8. The quantitative estimate of drug-likeness (QED) is 0.585. The summed E-state index contributed by atoms with van der Waals surface area (Å²) in [6.07, 6.45) is -2.67. The molecule has 1 aromatic carbocycles. The number of hydrogen-bond acceptors (Lipinski definition) is 6. The lowest BCUT2D eigenvalue weighted by atomic mass is 10.0. The van der Waals surface area contributed by atoms with Crippen LogP contribution in [0.2, 0.25) is 0 Å². The number of halogens is 3. The number of ether oxygens (including phenoxy) is 1. The van der Waals surface area contributed by atoms with Crippen molar-refractivity contribution in [2.75, 3.05) is 18.4 Å². The largest absolute Gasteiger partial charge is 0.444 e. The minimum absolute atomic E-state index is 0.179. The SMILES string of the molecule is Cn1ccc2c(-c3ccc(C(F)(F)F)cc3)nnc(N[C@H]3CCN(C(=O)OC(C)(C)C)C3)c2c1=O. The molecule has 3 heterocycles. The molecule has 1 amide bonds. The highest BCUT2D eigenvalue weighted by atomic mass is 19.4. The number of amides is 1. The van der Waals surface area contributed by atoms with Crippen molar-refractivity contribution >= 4 is 22.7 Å². The Hall–Kier alpha value is -3.63. The van der Waals surface area contributed by atoms with Gasteiger partial charge in [0, 0.05) is 43.3 Å². The van der Waals surface area contributed by atoms with Gasteiger partial charge in [-0.05, 0) is 45.4 Å². The molecule has 1 aliphatic heterocycles. The van der Waals surface area contributed by atoms with E-state index in [1.165, 1.54) is 16.7 Å². The molecular weight excluding hydrogens is 463 g/mol. The first-order valence-corrected chi connectivity index (χ1v) is 11.1. The molecule has 1 N–H and O–H groups in total. The van der Waals surface area contributed by atoms with Crippen LogP contribution in [0.4, 0.5) is 23.8 Å². The van der Waals surface area contributed by atoms with Crippen LogP contribution < -0.4 is 10.9 Å². The number of carbonyl (C=O) groups excluding carboxylic acids is 1. The van der Waals surface area contributed by atoms with Crippen molar-refractivity contribution in [1.82, 2.24) is 19.7 Å². The average Bonchev–Trinajstić information content (AvgIpc) is 3.23. The molecule has 1 aliphatic rings. The first-order chi connectivity index (χ1) is 16.3. The summed E-state index contributed by atoms with van der Waals surface area (Å²) >= 11 is 0. The molecule has 186 valence electrons. The topological polar surface area (TPSA) is 89.3 Å². The normalized spacial score (nSPS) is 16.5. The van der Waals surface area contributed by atoms with Crippen LogP contribution in [0.15, 0.2) is 41.3 Å². The Morgan fingerprint density at radius 1 is 1.11 bits per heavy atom. The maximum Gasteiger partial charge on any atom is 0.416 e. The van der Waals surface area contributed by atoms with Crippen LogP contribution in [0.25, 0.3) is 22.0 Å². The third kappa shape index (κ3) is 5.23. The second kappa shape index (κ2) is 8.86. The Morgan fingerprint density at radius 2 is 1.80 bits per heavy atom. The molecule has 8 nitrogen and oxygen atoms in total. The fourth-order valence-electron chi connectivity index (χ4n) is 3.95. The minimum atomic E-state index is -4.45. The van der Waals surface area contributed by atoms with Gasteiger partial charge in [0.05, 0.1) is 10.9 Å². The number of alkyl halides is 3. The Balaban J connectivity index is 1.65. The van der Waals surface area contributed by atoms with E-state index in [2.05, 4.69) is 15.5 Å². The van der Waals surface area contributed by atoms with Gasteiger partial charge < -0.3 is 19.5 Å². The van der Waals surface area contributed by atoms with E-state index >= 15 is 0 Å². The molecule has 0 spiro atoms. The van der Waals surface area contributed by atoms with E-state index in [9.17, 15) is 22.8 Å². The van der Waals surface area contributed by atoms with Crippen molar-refractivity contribution in [3.05, 3.63) is 52.4 Å². The van der Waals surface area contributed by atoms with Gasteiger partial charge in [0.2, 0.25) is 0 Å². The number of carbonyl (C=O) groups is 1. The Labute approximate surface area is 199 Å². The highest BCUT2D eigenvalue weighted by molar-refractivity contribution is 5.99. The number of likely N-dealkylation sites (tertiary alicyclic amines) is 1. The van der Waals surface area contributed by atoms with Crippen molar-refractivity contribution in [1.29, 1.82) is 0 Å². The number of nitrogens with zero attached hydrogens (tertiary/aromatic N) is 4. The second-order valence-electron chi connectivity index (χ2n) is 9.55. The van der Waals surface area contributed by atoms with E-state index in [0.717, 1.165) is 12.1 Å². The first kappa shape index (κ1) is 24.5. The third-order valence-electron chi connectivity index (χ3n) is 5.68. The van der Waals surface area contributed by atoms with Crippen molar-refractivity contribution in [2.45, 2.75) is 45.0 Å². The summed E-state index contributed by atoms with van der Waals surface area (Å²) in [5.41, 5.74) is -0.991. The van der Waals surface area contributed by atoms with Crippen molar-refractivity contribution < 1.29 is 22.7 Å². The molecule has 11 heteroatoms. The molecule has 35 heavy (non-hydrogen) atoms. The fraction of sp³-hybridized carbons (Fsp3) is 0.417. The minimum Gasteiger partial charge on any atom is -0.444 e. The number of benzene rings is 1. The van der Waals surface area contributed by atoms with Crippen LogP contribution in [0.1, 0.15) is 32.8 Å². The van der Waals surface area contributed by atoms with Crippen LogP contribution in [0, 0.1) is 0 Å². The van der Waals surface area contributed by atoms with Gasteiger partial charge in [-0.15, -0.1) is 10.2 Å². The average molecular weight is 489 g/mol. The molecule has 2 aromatic heterocycles. The fourth-order valence-corrected chi connectivity index (χ4v) is 3.95. The van der Waals surface area contributed by atoms with Crippen LogP contribution in [0.5, 0.6) is 0 Å². The molecule has 1 saturated heterocycles. The molecular formula is C24H26F3N5O3. The van der Waals surface area contributed by atoms with Crippen molar-refractivity contribution in [3.8, 4) is 11.3 Å². The Bertz CT molecular complexity index is 1310. The lowest BCUT2D eigenvalue weighted by molar-refractivity contribution is -0.137. The summed E-state index contributed by atoms with van der Waals surface area (Å²) in [6, 6.07) is 6.08. The van der Waals surface area contributed by atoms with Gasteiger partial charge in [-0.1, -0.05) is 12.1 Å². The highest BCUT2D eigenvalue weighted by Crippen LogP contribution is 2.33. The van der Waals surface area contributed by atoms with Gasteiger partial charge in [0.15, 0.2) is 5.82 Å². The smallest absolute Gasteiger partial charge is 0.416 e. The van der Waals surface area contributed by atoms with E-state index < -0.39 is 23.4 Å². The first-order valence-electron chi connectivity index (χ1n) is 11.1. The zero-order valence-corrected chi connectivity index (χ0v) is 19.8. The van der Waals surface area contributed by atoms with E-state index in [4.69, 9.17) is 4.74 Å². The summed E-state index contributed by atoms with van der Waals surface area (Å²) in [4.78, 5) is 27.0. The number of aromatic nitrogens is 3. The van der Waals surface area contributed by atoms with Gasteiger partial charge in [0.1, 0.15) is 11.3 Å². The maximum atomic E-state index is 13.0. The van der Waals surface area contributed by atoms with E-state index in [0.29, 0.717) is 36.2 Å². The molecule has 3 aromatic rings.